The second kappa shape index (κ2) is 8.35. The zero-order valence-electron chi connectivity index (χ0n) is 12.6. The van der Waals surface area contributed by atoms with Gasteiger partial charge in [0.2, 0.25) is 0 Å². The second-order valence-corrected chi connectivity index (χ2v) is 6.18. The van der Waals surface area contributed by atoms with Crippen LogP contribution in [0.2, 0.25) is 5.02 Å². The molecule has 1 fully saturated rings. The van der Waals surface area contributed by atoms with Crippen molar-refractivity contribution < 1.29 is 4.79 Å². The Balaban J connectivity index is 1.66. The average molecular weight is 310 g/mol. The first-order valence-corrected chi connectivity index (χ1v) is 8.14. The highest BCUT2D eigenvalue weighted by Crippen LogP contribution is 2.21. The molecule has 5 heteroatoms. The molecular weight excluding hydrogens is 286 g/mol. The summed E-state index contributed by atoms with van der Waals surface area (Å²) >= 11 is 5.85. The summed E-state index contributed by atoms with van der Waals surface area (Å²) in [5, 5.41) is 3.43. The number of amides is 1. The summed E-state index contributed by atoms with van der Waals surface area (Å²) in [5.41, 5.74) is 0.378. The van der Waals surface area contributed by atoms with Gasteiger partial charge in [0.25, 0.3) is 5.91 Å². The maximum atomic E-state index is 11.9. The molecule has 0 radical (unpaired) electrons. The minimum Gasteiger partial charge on any atom is -0.351 e. The molecule has 0 unspecified atom stereocenters. The molecular formula is C16H24ClN3O. The SMILES string of the molecule is CN(CCCNC(=O)c1cc(Cl)ccn1)C1CCCCC1. The van der Waals surface area contributed by atoms with Crippen LogP contribution >= 0.6 is 11.6 Å². The zero-order chi connectivity index (χ0) is 15.1. The fourth-order valence-electron chi connectivity index (χ4n) is 2.85. The average Bonchev–Trinajstić information content (AvgIpc) is 2.52. The number of carbonyl (C=O) groups excluding carboxylic acids is 1. The fourth-order valence-corrected chi connectivity index (χ4v) is 3.01. The van der Waals surface area contributed by atoms with Crippen LogP contribution in [0.25, 0.3) is 0 Å². The van der Waals surface area contributed by atoms with E-state index >= 15 is 0 Å². The Morgan fingerprint density at radius 2 is 2.19 bits per heavy atom. The van der Waals surface area contributed by atoms with Crippen LogP contribution < -0.4 is 5.32 Å². The number of rotatable bonds is 6. The van der Waals surface area contributed by atoms with Gasteiger partial charge in [-0.2, -0.15) is 0 Å². The minimum atomic E-state index is -0.155. The van der Waals surface area contributed by atoms with Gasteiger partial charge in [-0.15, -0.1) is 0 Å². The van der Waals surface area contributed by atoms with Crippen molar-refractivity contribution in [2.24, 2.45) is 0 Å². The van der Waals surface area contributed by atoms with Crippen LogP contribution in [0.1, 0.15) is 49.0 Å². The van der Waals surface area contributed by atoms with Gasteiger partial charge in [-0.05, 0) is 45.0 Å². The van der Waals surface area contributed by atoms with E-state index in [1.54, 1.807) is 18.3 Å². The number of hydrogen-bond acceptors (Lipinski definition) is 3. The lowest BCUT2D eigenvalue weighted by atomic mass is 9.94. The summed E-state index contributed by atoms with van der Waals surface area (Å²) < 4.78 is 0. The van der Waals surface area contributed by atoms with E-state index in [-0.39, 0.29) is 5.91 Å². The topological polar surface area (TPSA) is 45.2 Å². The van der Waals surface area contributed by atoms with Gasteiger partial charge in [-0.1, -0.05) is 30.9 Å². The van der Waals surface area contributed by atoms with Crippen molar-refractivity contribution in [3.63, 3.8) is 0 Å². The van der Waals surface area contributed by atoms with Crippen LogP contribution in [0.5, 0.6) is 0 Å². The molecule has 1 aliphatic rings. The summed E-state index contributed by atoms with van der Waals surface area (Å²) in [6.07, 6.45) is 9.23. The van der Waals surface area contributed by atoms with Crippen molar-refractivity contribution in [2.75, 3.05) is 20.1 Å². The maximum absolute atomic E-state index is 11.9. The van der Waals surface area contributed by atoms with E-state index in [1.807, 2.05) is 0 Å². The number of nitrogens with zero attached hydrogens (tertiary/aromatic N) is 2. The van der Waals surface area contributed by atoms with E-state index in [4.69, 9.17) is 11.6 Å². The summed E-state index contributed by atoms with van der Waals surface area (Å²) in [7, 11) is 2.19. The second-order valence-electron chi connectivity index (χ2n) is 5.74. The van der Waals surface area contributed by atoms with Crippen molar-refractivity contribution >= 4 is 17.5 Å². The number of aromatic nitrogens is 1. The van der Waals surface area contributed by atoms with Gasteiger partial charge in [0.05, 0.1) is 0 Å². The van der Waals surface area contributed by atoms with E-state index in [1.165, 1.54) is 32.1 Å². The van der Waals surface area contributed by atoms with Crippen LogP contribution in [0.4, 0.5) is 0 Å². The number of hydrogen-bond donors (Lipinski definition) is 1. The Hall–Kier alpha value is -1.13. The van der Waals surface area contributed by atoms with Crippen LogP contribution in [0, 0.1) is 0 Å². The number of pyridine rings is 1. The number of carbonyl (C=O) groups is 1. The van der Waals surface area contributed by atoms with Crippen LogP contribution in [0.3, 0.4) is 0 Å². The van der Waals surface area contributed by atoms with Gasteiger partial charge in [0, 0.05) is 23.8 Å². The number of halogens is 1. The van der Waals surface area contributed by atoms with Gasteiger partial charge in [0.15, 0.2) is 0 Å². The summed E-state index contributed by atoms with van der Waals surface area (Å²) in [4.78, 5) is 18.4. The molecule has 1 aliphatic carbocycles. The molecule has 1 saturated carbocycles. The lowest BCUT2D eigenvalue weighted by Crippen LogP contribution is -2.36. The number of nitrogens with one attached hydrogen (secondary N) is 1. The summed E-state index contributed by atoms with van der Waals surface area (Å²) in [6, 6.07) is 3.98. The van der Waals surface area contributed by atoms with Gasteiger partial charge in [-0.3, -0.25) is 9.78 Å². The van der Waals surface area contributed by atoms with Crippen molar-refractivity contribution in [1.29, 1.82) is 0 Å². The Kier molecular flexibility index (Phi) is 6.46. The van der Waals surface area contributed by atoms with Crippen molar-refractivity contribution in [3.8, 4) is 0 Å². The quantitative estimate of drug-likeness (QED) is 0.821. The van der Waals surface area contributed by atoms with E-state index in [0.717, 1.165) is 19.0 Å². The minimum absolute atomic E-state index is 0.155. The van der Waals surface area contributed by atoms with Gasteiger partial charge in [0.1, 0.15) is 5.69 Å². The fraction of sp³-hybridized carbons (Fsp3) is 0.625. The summed E-state index contributed by atoms with van der Waals surface area (Å²) in [6.45, 7) is 1.69. The molecule has 0 aromatic carbocycles. The molecule has 0 bridgehead atoms. The Morgan fingerprint density at radius 3 is 2.90 bits per heavy atom. The molecule has 1 aromatic heterocycles. The molecule has 2 rings (SSSR count). The smallest absolute Gasteiger partial charge is 0.269 e. The van der Waals surface area contributed by atoms with Gasteiger partial charge < -0.3 is 10.2 Å². The lowest BCUT2D eigenvalue weighted by Gasteiger charge is -2.31. The highest BCUT2D eigenvalue weighted by molar-refractivity contribution is 6.30. The molecule has 116 valence electrons. The molecule has 0 aliphatic heterocycles. The maximum Gasteiger partial charge on any atom is 0.269 e. The first-order chi connectivity index (χ1) is 10.2. The van der Waals surface area contributed by atoms with Gasteiger partial charge >= 0.3 is 0 Å². The summed E-state index contributed by atoms with van der Waals surface area (Å²) in [5.74, 6) is -0.155. The Morgan fingerprint density at radius 1 is 1.43 bits per heavy atom. The zero-order valence-corrected chi connectivity index (χ0v) is 13.4. The standard InChI is InChI=1S/C16H24ClN3O/c1-20(14-6-3-2-4-7-14)11-5-9-19-16(21)15-12-13(17)8-10-18-15/h8,10,12,14H,2-7,9,11H2,1H3,(H,19,21). The Labute approximate surface area is 131 Å². The monoisotopic (exact) mass is 309 g/mol. The van der Waals surface area contributed by atoms with Crippen LogP contribution in [-0.2, 0) is 0 Å². The molecule has 0 atom stereocenters. The Bertz CT molecular complexity index is 461. The highest BCUT2D eigenvalue weighted by Gasteiger charge is 2.17. The van der Waals surface area contributed by atoms with Crippen LogP contribution in [0.15, 0.2) is 18.3 Å². The first kappa shape index (κ1) is 16.2. The molecule has 0 spiro atoms. The molecule has 1 amide bonds. The predicted molar refractivity (Wildman–Crippen MR) is 85.7 cm³/mol. The van der Waals surface area contributed by atoms with E-state index in [0.29, 0.717) is 17.3 Å². The normalized spacial score (nSPS) is 16.1. The molecule has 4 nitrogen and oxygen atoms in total. The third kappa shape index (κ3) is 5.29. The van der Waals surface area contributed by atoms with Crippen molar-refractivity contribution in [3.05, 3.63) is 29.0 Å². The third-order valence-electron chi connectivity index (χ3n) is 4.13. The highest BCUT2D eigenvalue weighted by atomic mass is 35.5. The first-order valence-electron chi connectivity index (χ1n) is 7.77. The van der Waals surface area contributed by atoms with Crippen LogP contribution in [-0.4, -0.2) is 42.0 Å². The largest absolute Gasteiger partial charge is 0.351 e. The molecule has 1 aromatic rings. The van der Waals surface area contributed by atoms with E-state index in [2.05, 4.69) is 22.2 Å². The van der Waals surface area contributed by atoms with Crippen molar-refractivity contribution in [1.82, 2.24) is 15.2 Å². The molecule has 1 N–H and O–H groups in total. The third-order valence-corrected chi connectivity index (χ3v) is 4.36. The van der Waals surface area contributed by atoms with Gasteiger partial charge in [-0.25, -0.2) is 0 Å². The predicted octanol–water partition coefficient (Wildman–Crippen LogP) is 3.12. The van der Waals surface area contributed by atoms with Crippen molar-refractivity contribution in [2.45, 2.75) is 44.6 Å². The molecule has 21 heavy (non-hydrogen) atoms. The van der Waals surface area contributed by atoms with E-state index < -0.39 is 0 Å². The lowest BCUT2D eigenvalue weighted by molar-refractivity contribution is 0.0945. The van der Waals surface area contributed by atoms with E-state index in [9.17, 15) is 4.79 Å². The molecule has 1 heterocycles. The molecule has 0 saturated heterocycles.